The lowest BCUT2D eigenvalue weighted by molar-refractivity contribution is -0.116. The second-order valence-corrected chi connectivity index (χ2v) is 3.85. The van der Waals surface area contributed by atoms with Gasteiger partial charge in [-0.05, 0) is 6.92 Å². The Balaban J connectivity index is 2.20. The maximum Gasteiger partial charge on any atom is 0.135 e. The molecule has 1 saturated heterocycles. The van der Waals surface area contributed by atoms with Gasteiger partial charge in [0.2, 0.25) is 0 Å². The number of hydrogen-bond acceptors (Lipinski definition) is 5. The molecule has 5 heteroatoms. The van der Waals surface area contributed by atoms with E-state index < -0.39 is 0 Å². The van der Waals surface area contributed by atoms with E-state index in [9.17, 15) is 4.79 Å². The number of rotatable bonds is 3. The van der Waals surface area contributed by atoms with Gasteiger partial charge in [-0.2, -0.15) is 0 Å². The molecule has 1 aromatic rings. The quantitative estimate of drug-likeness (QED) is 0.741. The van der Waals surface area contributed by atoms with Crippen molar-refractivity contribution in [3.8, 4) is 0 Å². The third kappa shape index (κ3) is 2.55. The van der Waals surface area contributed by atoms with Gasteiger partial charge in [-0.3, -0.25) is 4.79 Å². The smallest absolute Gasteiger partial charge is 0.135 e. The Morgan fingerprint density at radius 1 is 1.50 bits per heavy atom. The minimum atomic E-state index is 0.129. The number of anilines is 1. The number of hydrogen-bond donors (Lipinski definition) is 0. The Labute approximate surface area is 94.5 Å². The van der Waals surface area contributed by atoms with Crippen molar-refractivity contribution in [1.29, 1.82) is 0 Å². The van der Waals surface area contributed by atoms with Crippen LogP contribution in [0.15, 0.2) is 12.5 Å². The van der Waals surface area contributed by atoms with Crippen LogP contribution in [-0.4, -0.2) is 42.1 Å². The largest absolute Gasteiger partial charge is 0.378 e. The molecule has 0 radical (unpaired) electrons. The molecule has 0 aromatic carbocycles. The zero-order chi connectivity index (χ0) is 11.4. The molecule has 0 aliphatic carbocycles. The highest BCUT2D eigenvalue weighted by Gasteiger charge is 2.16. The van der Waals surface area contributed by atoms with Crippen LogP contribution < -0.4 is 4.90 Å². The predicted molar refractivity (Wildman–Crippen MR) is 59.4 cm³/mol. The Morgan fingerprint density at radius 2 is 2.25 bits per heavy atom. The summed E-state index contributed by atoms with van der Waals surface area (Å²) in [6.07, 6.45) is 3.64. The topological polar surface area (TPSA) is 55.3 Å². The van der Waals surface area contributed by atoms with Crippen LogP contribution in [0.3, 0.4) is 0 Å². The van der Waals surface area contributed by atoms with E-state index in [2.05, 4.69) is 14.9 Å². The van der Waals surface area contributed by atoms with Crippen molar-refractivity contribution in [2.24, 2.45) is 0 Å². The molecule has 2 heterocycles. The number of ketones is 1. The number of morpholine rings is 1. The van der Waals surface area contributed by atoms with Crippen molar-refractivity contribution in [3.05, 3.63) is 18.1 Å². The van der Waals surface area contributed by atoms with Crippen LogP contribution in [0, 0.1) is 0 Å². The summed E-state index contributed by atoms with van der Waals surface area (Å²) in [5.41, 5.74) is 0.900. The van der Waals surface area contributed by atoms with Gasteiger partial charge < -0.3 is 9.64 Å². The highest BCUT2D eigenvalue weighted by molar-refractivity contribution is 5.79. The summed E-state index contributed by atoms with van der Waals surface area (Å²) < 4.78 is 5.29. The van der Waals surface area contributed by atoms with E-state index in [0.29, 0.717) is 19.6 Å². The molecule has 0 spiro atoms. The summed E-state index contributed by atoms with van der Waals surface area (Å²) in [4.78, 5) is 21.5. The third-order valence-corrected chi connectivity index (χ3v) is 2.51. The highest BCUT2D eigenvalue weighted by atomic mass is 16.5. The molecule has 1 aliphatic heterocycles. The first-order chi connectivity index (χ1) is 7.77. The molecular formula is C11H15N3O2. The molecule has 1 aromatic heterocycles. The zero-order valence-electron chi connectivity index (χ0n) is 9.35. The number of Topliss-reactive ketones (excluding diaryl/α,β-unsaturated/α-hetero) is 1. The molecule has 0 atom stereocenters. The lowest BCUT2D eigenvalue weighted by Gasteiger charge is -2.29. The number of aromatic nitrogens is 2. The number of carbonyl (C=O) groups is 1. The summed E-state index contributed by atoms with van der Waals surface area (Å²) in [7, 11) is 0. The fraction of sp³-hybridized carbons (Fsp3) is 0.545. The van der Waals surface area contributed by atoms with E-state index >= 15 is 0 Å². The molecule has 5 nitrogen and oxygen atoms in total. The summed E-state index contributed by atoms with van der Waals surface area (Å²) in [6, 6.07) is 0. The standard InChI is InChI=1S/C11H15N3O2/c1-9(15)6-10-7-12-8-13-11(10)14-2-4-16-5-3-14/h7-8H,2-6H2,1H3. The average Bonchev–Trinajstić information content (AvgIpc) is 2.30. The van der Waals surface area contributed by atoms with Crippen molar-refractivity contribution in [2.45, 2.75) is 13.3 Å². The van der Waals surface area contributed by atoms with Gasteiger partial charge in [-0.25, -0.2) is 9.97 Å². The van der Waals surface area contributed by atoms with Crippen molar-refractivity contribution in [3.63, 3.8) is 0 Å². The van der Waals surface area contributed by atoms with E-state index in [1.807, 2.05) is 0 Å². The number of ether oxygens (including phenoxy) is 1. The summed E-state index contributed by atoms with van der Waals surface area (Å²) >= 11 is 0. The molecule has 16 heavy (non-hydrogen) atoms. The maximum absolute atomic E-state index is 11.1. The Bertz CT molecular complexity index is 375. The zero-order valence-corrected chi connectivity index (χ0v) is 9.35. The lowest BCUT2D eigenvalue weighted by Crippen LogP contribution is -2.37. The van der Waals surface area contributed by atoms with Crippen molar-refractivity contribution < 1.29 is 9.53 Å². The fourth-order valence-electron chi connectivity index (χ4n) is 1.80. The molecule has 1 aliphatic rings. The van der Waals surface area contributed by atoms with Crippen LogP contribution in [0.2, 0.25) is 0 Å². The first-order valence-corrected chi connectivity index (χ1v) is 5.38. The van der Waals surface area contributed by atoms with Gasteiger partial charge >= 0.3 is 0 Å². The second kappa shape index (κ2) is 5.03. The molecule has 86 valence electrons. The summed E-state index contributed by atoms with van der Waals surface area (Å²) in [6.45, 7) is 4.65. The molecule has 0 unspecified atom stereocenters. The van der Waals surface area contributed by atoms with E-state index in [4.69, 9.17) is 4.74 Å². The van der Waals surface area contributed by atoms with Gasteiger partial charge in [0.05, 0.1) is 13.2 Å². The SMILES string of the molecule is CC(=O)Cc1cncnc1N1CCOCC1. The maximum atomic E-state index is 11.1. The summed E-state index contributed by atoms with van der Waals surface area (Å²) in [5.74, 6) is 0.998. The Kier molecular flexibility index (Phi) is 3.46. The van der Waals surface area contributed by atoms with Gasteiger partial charge in [-0.15, -0.1) is 0 Å². The normalized spacial score (nSPS) is 16.2. The first-order valence-electron chi connectivity index (χ1n) is 5.38. The van der Waals surface area contributed by atoms with Crippen molar-refractivity contribution in [1.82, 2.24) is 9.97 Å². The van der Waals surface area contributed by atoms with E-state index in [-0.39, 0.29) is 5.78 Å². The van der Waals surface area contributed by atoms with Gasteiger partial charge in [-0.1, -0.05) is 0 Å². The monoisotopic (exact) mass is 221 g/mol. The Morgan fingerprint density at radius 3 is 2.94 bits per heavy atom. The molecular weight excluding hydrogens is 206 g/mol. The number of carbonyl (C=O) groups excluding carboxylic acids is 1. The molecule has 2 rings (SSSR count). The van der Waals surface area contributed by atoms with Crippen LogP contribution >= 0.6 is 0 Å². The van der Waals surface area contributed by atoms with Crippen LogP contribution in [-0.2, 0) is 16.0 Å². The third-order valence-electron chi connectivity index (χ3n) is 2.51. The van der Waals surface area contributed by atoms with Crippen LogP contribution in [0.5, 0.6) is 0 Å². The van der Waals surface area contributed by atoms with E-state index in [1.54, 1.807) is 13.1 Å². The highest BCUT2D eigenvalue weighted by Crippen LogP contribution is 2.17. The van der Waals surface area contributed by atoms with Crippen LogP contribution in [0.1, 0.15) is 12.5 Å². The van der Waals surface area contributed by atoms with Gasteiger partial charge in [0, 0.05) is 31.3 Å². The summed E-state index contributed by atoms with van der Waals surface area (Å²) in [5, 5.41) is 0. The Hall–Kier alpha value is -1.49. The first kappa shape index (κ1) is 11.0. The van der Waals surface area contributed by atoms with Crippen LogP contribution in [0.4, 0.5) is 5.82 Å². The predicted octanol–water partition coefficient (Wildman–Crippen LogP) is 0.445. The van der Waals surface area contributed by atoms with Crippen molar-refractivity contribution in [2.75, 3.05) is 31.2 Å². The molecule has 1 fully saturated rings. The molecule has 0 N–H and O–H groups in total. The number of nitrogens with zero attached hydrogens (tertiary/aromatic N) is 3. The lowest BCUT2D eigenvalue weighted by atomic mass is 10.1. The van der Waals surface area contributed by atoms with E-state index in [1.165, 1.54) is 6.33 Å². The second-order valence-electron chi connectivity index (χ2n) is 3.85. The molecule has 0 saturated carbocycles. The minimum Gasteiger partial charge on any atom is -0.378 e. The van der Waals surface area contributed by atoms with Gasteiger partial charge in [0.15, 0.2) is 0 Å². The van der Waals surface area contributed by atoms with Crippen LogP contribution in [0.25, 0.3) is 0 Å². The van der Waals surface area contributed by atoms with Crippen molar-refractivity contribution >= 4 is 11.6 Å². The molecule has 0 bridgehead atoms. The van der Waals surface area contributed by atoms with Gasteiger partial charge in [0.25, 0.3) is 0 Å². The fourth-order valence-corrected chi connectivity index (χ4v) is 1.80. The minimum absolute atomic E-state index is 0.129. The average molecular weight is 221 g/mol. The van der Waals surface area contributed by atoms with Gasteiger partial charge in [0.1, 0.15) is 17.9 Å². The molecule has 0 amide bonds. The van der Waals surface area contributed by atoms with E-state index in [0.717, 1.165) is 24.5 Å².